The smallest absolute Gasteiger partial charge is 0.416 e. The number of amides is 1. The monoisotopic (exact) mass is 687 g/mol. The van der Waals surface area contributed by atoms with Gasteiger partial charge < -0.3 is 9.47 Å². The highest BCUT2D eigenvalue weighted by Gasteiger charge is 2.32. The molecule has 0 radical (unpaired) electrons. The standard InChI is InChI=1S/C17H15ClF3NO3.C15H10ClF3O2/c1-22(24-2)16(23)12-5-3-4-11(8-12)10-25-15-7-6-13(9-14(15)18)17(19,20)21;16-13-7-12(15(17,18)19)4-5-14(13)21-9-11-3-1-2-10(6-11)8-20/h3-9H,10H2,1-2H3;1-8H,9H2. The second kappa shape index (κ2) is 15.8. The second-order valence-corrected chi connectivity index (χ2v) is 10.2. The van der Waals surface area contributed by atoms with E-state index < -0.39 is 23.5 Å². The van der Waals surface area contributed by atoms with E-state index in [1.807, 2.05) is 0 Å². The molecule has 0 fully saturated rings. The van der Waals surface area contributed by atoms with Crippen LogP contribution in [-0.2, 0) is 30.4 Å². The zero-order valence-electron chi connectivity index (χ0n) is 24.1. The Kier molecular flexibility index (Phi) is 12.5. The molecular formula is C32H25Cl2F6NO5. The lowest BCUT2D eigenvalue weighted by Crippen LogP contribution is -2.25. The van der Waals surface area contributed by atoms with Gasteiger partial charge in [0.25, 0.3) is 5.91 Å². The largest absolute Gasteiger partial charge is 0.487 e. The van der Waals surface area contributed by atoms with Crippen LogP contribution in [-0.4, -0.2) is 31.4 Å². The maximum Gasteiger partial charge on any atom is 0.416 e. The van der Waals surface area contributed by atoms with E-state index in [0.29, 0.717) is 23.0 Å². The average molecular weight is 688 g/mol. The van der Waals surface area contributed by atoms with Gasteiger partial charge in [-0.15, -0.1) is 0 Å². The van der Waals surface area contributed by atoms with Gasteiger partial charge in [0.05, 0.1) is 28.3 Å². The first kappa shape index (κ1) is 36.2. The lowest BCUT2D eigenvalue weighted by atomic mass is 10.1. The number of carbonyl (C=O) groups excluding carboxylic acids is 2. The molecule has 1 amide bonds. The zero-order chi connectivity index (χ0) is 34.1. The molecule has 0 bridgehead atoms. The van der Waals surface area contributed by atoms with E-state index in [9.17, 15) is 35.9 Å². The first-order valence-corrected chi connectivity index (χ1v) is 13.8. The summed E-state index contributed by atoms with van der Waals surface area (Å²) < 4.78 is 86.2. The van der Waals surface area contributed by atoms with Crippen LogP contribution in [0.15, 0.2) is 84.9 Å². The maximum atomic E-state index is 12.6. The fourth-order valence-corrected chi connectivity index (χ4v) is 4.20. The highest BCUT2D eigenvalue weighted by molar-refractivity contribution is 6.32. The third-order valence-corrected chi connectivity index (χ3v) is 6.72. The number of nitrogens with zero attached hydrogens (tertiary/aromatic N) is 1. The number of hydrogen-bond donors (Lipinski definition) is 0. The number of carbonyl (C=O) groups is 2. The van der Waals surface area contributed by atoms with Crippen LogP contribution in [0.25, 0.3) is 0 Å². The summed E-state index contributed by atoms with van der Waals surface area (Å²) in [5.41, 5.74) is 0.586. The van der Waals surface area contributed by atoms with Crippen LogP contribution < -0.4 is 9.47 Å². The van der Waals surface area contributed by atoms with E-state index in [2.05, 4.69) is 0 Å². The maximum absolute atomic E-state index is 12.6. The molecule has 0 aliphatic heterocycles. The minimum absolute atomic E-state index is 0.0445. The number of alkyl halides is 6. The van der Waals surface area contributed by atoms with E-state index in [-0.39, 0.29) is 40.7 Å². The predicted molar refractivity (Wildman–Crippen MR) is 159 cm³/mol. The van der Waals surface area contributed by atoms with Gasteiger partial charge in [-0.1, -0.05) is 53.5 Å². The summed E-state index contributed by atoms with van der Waals surface area (Å²) in [4.78, 5) is 27.5. The molecule has 4 aromatic rings. The van der Waals surface area contributed by atoms with Crippen LogP contribution in [0.2, 0.25) is 10.0 Å². The number of halogens is 8. The third kappa shape index (κ3) is 10.4. The van der Waals surface area contributed by atoms with Crippen molar-refractivity contribution >= 4 is 35.4 Å². The van der Waals surface area contributed by atoms with Crippen LogP contribution in [0.1, 0.15) is 43.0 Å². The Balaban J connectivity index is 0.000000254. The van der Waals surface area contributed by atoms with Gasteiger partial charge in [0.1, 0.15) is 31.0 Å². The van der Waals surface area contributed by atoms with E-state index in [1.165, 1.54) is 26.3 Å². The molecule has 244 valence electrons. The Hall–Kier alpha value is -4.26. The molecule has 0 saturated heterocycles. The van der Waals surface area contributed by atoms with Crippen molar-refractivity contribution in [1.29, 1.82) is 0 Å². The molecule has 6 nitrogen and oxygen atoms in total. The number of rotatable bonds is 9. The highest BCUT2D eigenvalue weighted by atomic mass is 35.5. The van der Waals surface area contributed by atoms with Crippen molar-refractivity contribution in [2.45, 2.75) is 25.6 Å². The van der Waals surface area contributed by atoms with Crippen molar-refractivity contribution in [3.05, 3.63) is 128 Å². The molecule has 46 heavy (non-hydrogen) atoms. The Morgan fingerprint density at radius 2 is 1.22 bits per heavy atom. The summed E-state index contributed by atoms with van der Waals surface area (Å²) in [5.74, 6) is -0.0570. The molecule has 0 aliphatic rings. The normalized spacial score (nSPS) is 11.3. The van der Waals surface area contributed by atoms with Gasteiger partial charge in [-0.3, -0.25) is 14.4 Å². The number of hydrogen-bond acceptors (Lipinski definition) is 5. The van der Waals surface area contributed by atoms with Crippen LogP contribution in [0.4, 0.5) is 26.3 Å². The molecule has 4 rings (SSSR count). The molecule has 0 saturated carbocycles. The van der Waals surface area contributed by atoms with Crippen molar-refractivity contribution in [3.8, 4) is 11.5 Å². The number of hydroxylamine groups is 2. The number of aldehydes is 1. The van der Waals surface area contributed by atoms with E-state index in [0.717, 1.165) is 34.9 Å². The number of benzene rings is 4. The molecule has 14 heteroatoms. The summed E-state index contributed by atoms with van der Waals surface area (Å²) in [6, 6.07) is 19.1. The van der Waals surface area contributed by atoms with Gasteiger partial charge in [0.15, 0.2) is 0 Å². The van der Waals surface area contributed by atoms with Crippen LogP contribution in [0.3, 0.4) is 0 Å². The average Bonchev–Trinajstić information content (AvgIpc) is 3.02. The highest BCUT2D eigenvalue weighted by Crippen LogP contribution is 2.36. The zero-order valence-corrected chi connectivity index (χ0v) is 25.6. The molecule has 4 aromatic carbocycles. The Bertz CT molecular complexity index is 1660. The predicted octanol–water partition coefficient (Wildman–Crippen LogP) is 9.32. The minimum atomic E-state index is -4.47. The Labute approximate surface area is 270 Å². The van der Waals surface area contributed by atoms with E-state index in [4.69, 9.17) is 37.5 Å². The van der Waals surface area contributed by atoms with Gasteiger partial charge in [-0.25, -0.2) is 5.06 Å². The second-order valence-electron chi connectivity index (χ2n) is 9.41. The topological polar surface area (TPSA) is 65.1 Å². The van der Waals surface area contributed by atoms with E-state index in [1.54, 1.807) is 48.5 Å². The van der Waals surface area contributed by atoms with Crippen molar-refractivity contribution in [3.63, 3.8) is 0 Å². The molecule has 0 aromatic heterocycles. The van der Waals surface area contributed by atoms with Crippen molar-refractivity contribution < 1.29 is 50.2 Å². The molecule has 0 heterocycles. The fourth-order valence-electron chi connectivity index (χ4n) is 3.73. The summed E-state index contributed by atoms with van der Waals surface area (Å²) in [5, 5.41) is 0.824. The van der Waals surface area contributed by atoms with Gasteiger partial charge in [-0.05, 0) is 65.7 Å². The molecule has 0 N–H and O–H groups in total. The summed E-state index contributed by atoms with van der Waals surface area (Å²) in [6.07, 6.45) is -8.21. The molecule has 0 spiro atoms. The Morgan fingerprint density at radius 3 is 1.65 bits per heavy atom. The molecular weight excluding hydrogens is 663 g/mol. The Morgan fingerprint density at radius 1 is 0.739 bits per heavy atom. The summed E-state index contributed by atoms with van der Waals surface area (Å²) in [6.45, 7) is 0.148. The molecule has 0 unspecified atom stereocenters. The molecule has 0 aliphatic carbocycles. The lowest BCUT2D eigenvalue weighted by molar-refractivity contribution is -0.138. The van der Waals surface area contributed by atoms with Crippen molar-refractivity contribution in [1.82, 2.24) is 5.06 Å². The quantitative estimate of drug-likeness (QED) is 0.0997. The first-order valence-electron chi connectivity index (χ1n) is 13.1. The van der Waals surface area contributed by atoms with Gasteiger partial charge >= 0.3 is 12.4 Å². The molecule has 0 atom stereocenters. The fraction of sp³-hybridized carbons (Fsp3) is 0.188. The minimum Gasteiger partial charge on any atom is -0.487 e. The van der Waals surface area contributed by atoms with Gasteiger partial charge in [-0.2, -0.15) is 26.3 Å². The summed E-state index contributed by atoms with van der Waals surface area (Å²) >= 11 is 11.6. The van der Waals surface area contributed by atoms with E-state index >= 15 is 0 Å². The van der Waals surface area contributed by atoms with Crippen LogP contribution >= 0.6 is 23.2 Å². The SMILES string of the molecule is CON(C)C(=O)c1cccc(COc2ccc(C(F)(F)F)cc2Cl)c1.O=Cc1cccc(COc2ccc(C(F)(F)F)cc2Cl)c1. The lowest BCUT2D eigenvalue weighted by Gasteiger charge is -2.14. The third-order valence-electron chi connectivity index (χ3n) is 6.13. The van der Waals surface area contributed by atoms with Crippen LogP contribution in [0.5, 0.6) is 11.5 Å². The number of ether oxygens (including phenoxy) is 2. The van der Waals surface area contributed by atoms with Gasteiger partial charge in [0, 0.05) is 18.2 Å². The first-order chi connectivity index (χ1) is 21.6. The van der Waals surface area contributed by atoms with Crippen LogP contribution in [0, 0.1) is 0 Å². The van der Waals surface area contributed by atoms with Gasteiger partial charge in [0.2, 0.25) is 0 Å². The van der Waals surface area contributed by atoms with Crippen molar-refractivity contribution in [2.75, 3.05) is 14.2 Å². The van der Waals surface area contributed by atoms with Crippen molar-refractivity contribution in [2.24, 2.45) is 0 Å². The summed E-state index contributed by atoms with van der Waals surface area (Å²) in [7, 11) is 2.85.